The highest BCUT2D eigenvalue weighted by atomic mass is 79.9. The molecule has 122 valence electrons. The highest BCUT2D eigenvalue weighted by molar-refractivity contribution is 9.10. The maximum atomic E-state index is 12.0. The predicted octanol–water partition coefficient (Wildman–Crippen LogP) is 3.35. The monoisotopic (exact) mass is 398 g/mol. The van der Waals surface area contributed by atoms with Crippen molar-refractivity contribution < 1.29 is 22.1 Å². The minimum Gasteiger partial charge on any atom is -0.490 e. The molecule has 23 heavy (non-hydrogen) atoms. The number of benzene rings is 2. The van der Waals surface area contributed by atoms with Crippen LogP contribution in [-0.2, 0) is 14.3 Å². The summed E-state index contributed by atoms with van der Waals surface area (Å²) >= 11 is 3.26. The Balaban J connectivity index is 1.92. The number of aldehydes is 1. The van der Waals surface area contributed by atoms with Crippen LogP contribution in [0.5, 0.6) is 5.75 Å². The molecule has 0 unspecified atom stereocenters. The molecule has 2 aromatic rings. The van der Waals surface area contributed by atoms with Gasteiger partial charge in [-0.2, -0.15) is 8.42 Å². The first-order valence-corrected chi connectivity index (χ1v) is 8.96. The summed E-state index contributed by atoms with van der Waals surface area (Å²) in [6.45, 7) is 1.73. The molecule has 0 N–H and O–H groups in total. The van der Waals surface area contributed by atoms with Crippen molar-refractivity contribution in [1.29, 1.82) is 0 Å². The van der Waals surface area contributed by atoms with Gasteiger partial charge in [-0.15, -0.1) is 0 Å². The molecule has 0 bridgehead atoms. The average Bonchev–Trinajstić information content (AvgIpc) is 2.53. The van der Waals surface area contributed by atoms with E-state index in [1.54, 1.807) is 30.3 Å². The maximum Gasteiger partial charge on any atom is 0.297 e. The summed E-state index contributed by atoms with van der Waals surface area (Å²) < 4.78 is 35.0. The minimum atomic E-state index is -3.81. The standard InChI is InChI=1S/C16H15BrO5S/c1-12-2-5-15(6-3-12)23(19,20)22-9-8-21-16-7-4-14(17)10-13(16)11-18/h2-7,10-11H,8-9H2,1H3. The SMILES string of the molecule is Cc1ccc(S(=O)(=O)OCCOc2ccc(Br)cc2C=O)cc1. The third-order valence-electron chi connectivity index (χ3n) is 2.99. The van der Waals surface area contributed by atoms with Crippen LogP contribution in [0.4, 0.5) is 0 Å². The number of carbonyl (C=O) groups excluding carboxylic acids is 1. The smallest absolute Gasteiger partial charge is 0.297 e. The molecule has 2 rings (SSSR count). The molecule has 0 radical (unpaired) electrons. The van der Waals surface area contributed by atoms with E-state index in [4.69, 9.17) is 8.92 Å². The number of halogens is 1. The topological polar surface area (TPSA) is 69.7 Å². The first-order valence-electron chi connectivity index (χ1n) is 6.76. The minimum absolute atomic E-state index is 0.00750. The van der Waals surface area contributed by atoms with Crippen LogP contribution in [0.15, 0.2) is 51.8 Å². The second-order valence-electron chi connectivity index (χ2n) is 4.74. The van der Waals surface area contributed by atoms with E-state index in [0.717, 1.165) is 10.0 Å². The Morgan fingerprint density at radius 1 is 1.09 bits per heavy atom. The second-order valence-corrected chi connectivity index (χ2v) is 7.27. The van der Waals surface area contributed by atoms with Gasteiger partial charge in [-0.05, 0) is 37.3 Å². The van der Waals surface area contributed by atoms with Crippen LogP contribution in [0.1, 0.15) is 15.9 Å². The van der Waals surface area contributed by atoms with Crippen LogP contribution in [0.2, 0.25) is 0 Å². The van der Waals surface area contributed by atoms with Crippen LogP contribution in [0, 0.1) is 6.92 Å². The fraction of sp³-hybridized carbons (Fsp3) is 0.188. The zero-order chi connectivity index (χ0) is 16.9. The number of carbonyl (C=O) groups is 1. The van der Waals surface area contributed by atoms with Crippen molar-refractivity contribution in [3.8, 4) is 5.75 Å². The summed E-state index contributed by atoms with van der Waals surface area (Å²) in [6, 6.07) is 11.4. The van der Waals surface area contributed by atoms with Gasteiger partial charge in [-0.3, -0.25) is 8.98 Å². The van der Waals surface area contributed by atoms with Crippen molar-refractivity contribution in [2.45, 2.75) is 11.8 Å². The van der Waals surface area contributed by atoms with E-state index in [2.05, 4.69) is 15.9 Å². The van der Waals surface area contributed by atoms with Crippen molar-refractivity contribution in [3.63, 3.8) is 0 Å². The Morgan fingerprint density at radius 3 is 2.43 bits per heavy atom. The predicted molar refractivity (Wildman–Crippen MR) is 89.3 cm³/mol. The van der Waals surface area contributed by atoms with E-state index in [1.807, 2.05) is 6.92 Å². The lowest BCUT2D eigenvalue weighted by molar-refractivity contribution is 0.111. The van der Waals surface area contributed by atoms with Gasteiger partial charge in [-0.1, -0.05) is 33.6 Å². The van der Waals surface area contributed by atoms with Gasteiger partial charge in [0.15, 0.2) is 6.29 Å². The molecular weight excluding hydrogens is 384 g/mol. The normalized spacial score (nSPS) is 11.2. The van der Waals surface area contributed by atoms with E-state index in [-0.39, 0.29) is 18.1 Å². The summed E-state index contributed by atoms with van der Waals surface area (Å²) in [4.78, 5) is 11.1. The highest BCUT2D eigenvalue weighted by Gasteiger charge is 2.14. The lowest BCUT2D eigenvalue weighted by atomic mass is 10.2. The summed E-state index contributed by atoms with van der Waals surface area (Å²) in [7, 11) is -3.81. The highest BCUT2D eigenvalue weighted by Crippen LogP contribution is 2.21. The maximum absolute atomic E-state index is 12.0. The Morgan fingerprint density at radius 2 is 1.78 bits per heavy atom. The van der Waals surface area contributed by atoms with Crippen LogP contribution in [-0.4, -0.2) is 27.9 Å². The van der Waals surface area contributed by atoms with Gasteiger partial charge in [0.1, 0.15) is 19.0 Å². The van der Waals surface area contributed by atoms with Gasteiger partial charge >= 0.3 is 0 Å². The molecule has 0 atom stereocenters. The number of hydrogen-bond donors (Lipinski definition) is 0. The average molecular weight is 399 g/mol. The Kier molecular flexibility index (Phi) is 5.92. The Labute approximate surface area is 143 Å². The number of ether oxygens (including phenoxy) is 1. The number of aryl methyl sites for hydroxylation is 1. The second kappa shape index (κ2) is 7.72. The van der Waals surface area contributed by atoms with Gasteiger partial charge in [0, 0.05) is 4.47 Å². The molecule has 0 aromatic heterocycles. The van der Waals surface area contributed by atoms with Gasteiger partial charge < -0.3 is 4.74 Å². The molecule has 0 heterocycles. The molecule has 0 saturated carbocycles. The Hall–Kier alpha value is -1.70. The van der Waals surface area contributed by atoms with Crippen molar-refractivity contribution in [1.82, 2.24) is 0 Å². The van der Waals surface area contributed by atoms with E-state index < -0.39 is 10.1 Å². The molecule has 0 aliphatic rings. The van der Waals surface area contributed by atoms with Crippen LogP contribution in [0.25, 0.3) is 0 Å². The van der Waals surface area contributed by atoms with Crippen LogP contribution in [0.3, 0.4) is 0 Å². The fourth-order valence-electron chi connectivity index (χ4n) is 1.81. The number of rotatable bonds is 7. The van der Waals surface area contributed by atoms with Crippen molar-refractivity contribution in [3.05, 3.63) is 58.1 Å². The molecule has 0 amide bonds. The first kappa shape index (κ1) is 17.7. The van der Waals surface area contributed by atoms with Gasteiger partial charge in [0.05, 0.1) is 10.5 Å². The van der Waals surface area contributed by atoms with E-state index >= 15 is 0 Å². The third-order valence-corrected chi connectivity index (χ3v) is 4.81. The molecule has 0 fully saturated rings. The zero-order valence-corrected chi connectivity index (χ0v) is 14.8. The van der Waals surface area contributed by atoms with Crippen LogP contribution >= 0.6 is 15.9 Å². The van der Waals surface area contributed by atoms with Crippen molar-refractivity contribution in [2.75, 3.05) is 13.2 Å². The lowest BCUT2D eigenvalue weighted by Gasteiger charge is -2.09. The zero-order valence-electron chi connectivity index (χ0n) is 12.4. The quantitative estimate of drug-likeness (QED) is 0.406. The van der Waals surface area contributed by atoms with Crippen LogP contribution < -0.4 is 4.74 Å². The Bertz CT molecular complexity index is 785. The van der Waals surface area contributed by atoms with Gasteiger partial charge in [-0.25, -0.2) is 0 Å². The molecule has 5 nitrogen and oxygen atoms in total. The first-order chi connectivity index (χ1) is 10.9. The van der Waals surface area contributed by atoms with Crippen molar-refractivity contribution >= 4 is 32.3 Å². The molecule has 0 aliphatic heterocycles. The molecule has 7 heteroatoms. The van der Waals surface area contributed by atoms with Crippen molar-refractivity contribution in [2.24, 2.45) is 0 Å². The fourth-order valence-corrected chi connectivity index (χ4v) is 3.08. The summed E-state index contributed by atoms with van der Waals surface area (Å²) in [5.41, 5.74) is 1.34. The third kappa shape index (κ3) is 4.89. The van der Waals surface area contributed by atoms with Gasteiger partial charge in [0.25, 0.3) is 10.1 Å². The van der Waals surface area contributed by atoms with E-state index in [9.17, 15) is 13.2 Å². The molecule has 0 spiro atoms. The largest absolute Gasteiger partial charge is 0.490 e. The lowest BCUT2D eigenvalue weighted by Crippen LogP contribution is -2.13. The summed E-state index contributed by atoms with van der Waals surface area (Å²) in [5.74, 6) is 0.375. The summed E-state index contributed by atoms with van der Waals surface area (Å²) in [5, 5.41) is 0. The molecule has 0 saturated heterocycles. The summed E-state index contributed by atoms with van der Waals surface area (Å²) in [6.07, 6.45) is 0.671. The molecular formula is C16H15BrO5S. The van der Waals surface area contributed by atoms with E-state index in [0.29, 0.717) is 17.6 Å². The molecule has 0 aliphatic carbocycles. The number of hydrogen-bond acceptors (Lipinski definition) is 5. The molecule has 2 aromatic carbocycles. The van der Waals surface area contributed by atoms with E-state index in [1.165, 1.54) is 12.1 Å². The van der Waals surface area contributed by atoms with Gasteiger partial charge in [0.2, 0.25) is 0 Å².